The topological polar surface area (TPSA) is 34.4 Å². The quantitative estimate of drug-likeness (QED) is 0.839. The number of benzene rings is 1. The molecule has 0 saturated heterocycles. The third kappa shape index (κ3) is 2.10. The second-order valence-electron chi connectivity index (χ2n) is 3.71. The Balaban J connectivity index is 2.41. The summed E-state index contributed by atoms with van der Waals surface area (Å²) in [6.45, 7) is 4.36. The monoisotopic (exact) mass is 219 g/mol. The fraction of sp³-hybridized carbons (Fsp3) is 0.385. The van der Waals surface area contributed by atoms with E-state index in [1.165, 1.54) is 0 Å². The molecule has 0 saturated carbocycles. The highest BCUT2D eigenvalue weighted by atomic mass is 16.5. The molecule has 16 heavy (non-hydrogen) atoms. The van der Waals surface area contributed by atoms with Crippen molar-refractivity contribution in [2.24, 2.45) is 0 Å². The number of methoxy groups -OCH3 is 1. The Labute approximate surface area is 95.4 Å². The van der Waals surface area contributed by atoms with Gasteiger partial charge in [-0.25, -0.2) is 0 Å². The van der Waals surface area contributed by atoms with Crippen LogP contribution in [0, 0.1) is 0 Å². The van der Waals surface area contributed by atoms with E-state index in [-0.39, 0.29) is 0 Å². The van der Waals surface area contributed by atoms with Crippen molar-refractivity contribution in [3.8, 4) is 0 Å². The molecular weight excluding hydrogens is 202 g/mol. The zero-order valence-corrected chi connectivity index (χ0v) is 9.75. The maximum atomic E-state index is 5.81. The predicted octanol–water partition coefficient (Wildman–Crippen LogP) is 2.69. The zero-order chi connectivity index (χ0) is 11.4. The highest BCUT2D eigenvalue weighted by molar-refractivity contribution is 5.82. The first-order valence-corrected chi connectivity index (χ1v) is 5.55. The molecule has 1 N–H and O–H groups in total. The van der Waals surface area contributed by atoms with E-state index in [2.05, 4.69) is 18.3 Å². The number of nitrogens with one attached hydrogen (secondary N) is 1. The van der Waals surface area contributed by atoms with E-state index in [4.69, 9.17) is 9.15 Å². The summed E-state index contributed by atoms with van der Waals surface area (Å²) in [5, 5.41) is 4.43. The summed E-state index contributed by atoms with van der Waals surface area (Å²) in [5.41, 5.74) is 2.08. The maximum absolute atomic E-state index is 5.81. The van der Waals surface area contributed by atoms with Crippen LogP contribution < -0.4 is 5.32 Å². The summed E-state index contributed by atoms with van der Waals surface area (Å²) < 4.78 is 11.0. The largest absolute Gasteiger partial charge is 0.459 e. The third-order valence-electron chi connectivity index (χ3n) is 2.61. The Kier molecular flexibility index (Phi) is 3.59. The fourth-order valence-electron chi connectivity index (χ4n) is 1.83. The van der Waals surface area contributed by atoms with E-state index in [1.807, 2.05) is 18.2 Å². The lowest BCUT2D eigenvalue weighted by Gasteiger charge is -2.02. The van der Waals surface area contributed by atoms with Crippen LogP contribution in [-0.4, -0.2) is 13.7 Å². The van der Waals surface area contributed by atoms with Gasteiger partial charge in [0.15, 0.2) is 0 Å². The first-order chi connectivity index (χ1) is 7.86. The summed E-state index contributed by atoms with van der Waals surface area (Å²) in [4.78, 5) is 0. The number of ether oxygens (including phenoxy) is 1. The molecule has 2 rings (SSSR count). The van der Waals surface area contributed by atoms with Crippen molar-refractivity contribution >= 4 is 11.0 Å². The minimum absolute atomic E-state index is 0.595. The first-order valence-electron chi connectivity index (χ1n) is 5.55. The summed E-state index contributed by atoms with van der Waals surface area (Å²) in [7, 11) is 1.71. The molecule has 0 aliphatic rings. The highest BCUT2D eigenvalue weighted by Gasteiger charge is 2.12. The van der Waals surface area contributed by atoms with Gasteiger partial charge in [-0.2, -0.15) is 0 Å². The van der Waals surface area contributed by atoms with Gasteiger partial charge in [-0.05, 0) is 12.6 Å². The minimum Gasteiger partial charge on any atom is -0.459 e. The number of rotatable bonds is 5. The van der Waals surface area contributed by atoms with E-state index >= 15 is 0 Å². The molecule has 0 aliphatic heterocycles. The van der Waals surface area contributed by atoms with Gasteiger partial charge in [-0.15, -0.1) is 0 Å². The Morgan fingerprint density at radius 3 is 2.88 bits per heavy atom. The second kappa shape index (κ2) is 5.14. The SMILES string of the molecule is CCNCc1oc2ccccc2c1COC. The van der Waals surface area contributed by atoms with Gasteiger partial charge < -0.3 is 14.5 Å². The van der Waals surface area contributed by atoms with Gasteiger partial charge in [0, 0.05) is 18.1 Å². The standard InChI is InChI=1S/C13H17NO2/c1-3-14-8-13-11(9-15-2)10-6-4-5-7-12(10)16-13/h4-7,14H,3,8-9H2,1-2H3. The molecule has 0 aliphatic carbocycles. The van der Waals surface area contributed by atoms with Gasteiger partial charge in [-0.1, -0.05) is 25.1 Å². The van der Waals surface area contributed by atoms with Crippen molar-refractivity contribution in [3.63, 3.8) is 0 Å². The molecule has 1 aromatic heterocycles. The van der Waals surface area contributed by atoms with E-state index in [0.717, 1.165) is 35.4 Å². The Bertz CT molecular complexity index is 462. The van der Waals surface area contributed by atoms with Crippen LogP contribution in [0.1, 0.15) is 18.2 Å². The van der Waals surface area contributed by atoms with Crippen LogP contribution in [0.25, 0.3) is 11.0 Å². The van der Waals surface area contributed by atoms with Gasteiger partial charge in [0.05, 0.1) is 13.2 Å². The van der Waals surface area contributed by atoms with Crippen LogP contribution in [0.2, 0.25) is 0 Å². The van der Waals surface area contributed by atoms with Crippen molar-refractivity contribution in [3.05, 3.63) is 35.6 Å². The number of hydrogen-bond acceptors (Lipinski definition) is 3. The lowest BCUT2D eigenvalue weighted by Crippen LogP contribution is -2.12. The van der Waals surface area contributed by atoms with Crippen LogP contribution in [-0.2, 0) is 17.9 Å². The molecule has 86 valence electrons. The number of hydrogen-bond donors (Lipinski definition) is 1. The molecule has 0 fully saturated rings. The molecular formula is C13H17NO2. The molecule has 0 radical (unpaired) electrons. The summed E-state index contributed by atoms with van der Waals surface area (Å²) >= 11 is 0. The molecule has 0 amide bonds. The highest BCUT2D eigenvalue weighted by Crippen LogP contribution is 2.26. The number of furan rings is 1. The molecule has 2 aromatic rings. The van der Waals surface area contributed by atoms with Crippen molar-refractivity contribution in [1.29, 1.82) is 0 Å². The molecule has 1 aromatic carbocycles. The molecule has 0 spiro atoms. The zero-order valence-electron chi connectivity index (χ0n) is 9.75. The summed E-state index contributed by atoms with van der Waals surface area (Å²) in [6.07, 6.45) is 0. The Morgan fingerprint density at radius 1 is 1.31 bits per heavy atom. The molecule has 3 nitrogen and oxygen atoms in total. The van der Waals surface area contributed by atoms with E-state index in [0.29, 0.717) is 6.61 Å². The minimum atomic E-state index is 0.595. The number of fused-ring (bicyclic) bond motifs is 1. The van der Waals surface area contributed by atoms with Crippen LogP contribution >= 0.6 is 0 Å². The van der Waals surface area contributed by atoms with Crippen LogP contribution in [0.5, 0.6) is 0 Å². The predicted molar refractivity (Wildman–Crippen MR) is 64.3 cm³/mol. The number of para-hydroxylation sites is 1. The van der Waals surface area contributed by atoms with Gasteiger partial charge in [0.25, 0.3) is 0 Å². The van der Waals surface area contributed by atoms with E-state index in [9.17, 15) is 0 Å². The Hall–Kier alpha value is -1.32. The molecule has 0 atom stereocenters. The van der Waals surface area contributed by atoms with Gasteiger partial charge in [0.2, 0.25) is 0 Å². The summed E-state index contributed by atoms with van der Waals surface area (Å²) in [5.74, 6) is 0.977. The average molecular weight is 219 g/mol. The van der Waals surface area contributed by atoms with E-state index in [1.54, 1.807) is 7.11 Å². The van der Waals surface area contributed by atoms with Gasteiger partial charge in [-0.3, -0.25) is 0 Å². The lowest BCUT2D eigenvalue weighted by atomic mass is 10.1. The van der Waals surface area contributed by atoms with Gasteiger partial charge >= 0.3 is 0 Å². The molecule has 3 heteroatoms. The third-order valence-corrected chi connectivity index (χ3v) is 2.61. The first kappa shape index (κ1) is 11.2. The van der Waals surface area contributed by atoms with E-state index < -0.39 is 0 Å². The lowest BCUT2D eigenvalue weighted by molar-refractivity contribution is 0.183. The molecule has 0 unspecified atom stereocenters. The van der Waals surface area contributed by atoms with Crippen LogP contribution in [0.3, 0.4) is 0 Å². The normalized spacial score (nSPS) is 11.1. The van der Waals surface area contributed by atoms with Gasteiger partial charge in [0.1, 0.15) is 11.3 Å². The Morgan fingerprint density at radius 2 is 2.12 bits per heavy atom. The van der Waals surface area contributed by atoms with Crippen LogP contribution in [0.4, 0.5) is 0 Å². The van der Waals surface area contributed by atoms with Crippen molar-refractivity contribution in [2.45, 2.75) is 20.1 Å². The fourth-order valence-corrected chi connectivity index (χ4v) is 1.83. The van der Waals surface area contributed by atoms with Crippen molar-refractivity contribution < 1.29 is 9.15 Å². The molecule has 1 heterocycles. The average Bonchev–Trinajstić information content (AvgIpc) is 2.66. The van der Waals surface area contributed by atoms with Crippen molar-refractivity contribution in [1.82, 2.24) is 5.32 Å². The van der Waals surface area contributed by atoms with Crippen molar-refractivity contribution in [2.75, 3.05) is 13.7 Å². The van der Waals surface area contributed by atoms with Crippen LogP contribution in [0.15, 0.2) is 28.7 Å². The maximum Gasteiger partial charge on any atom is 0.134 e. The smallest absolute Gasteiger partial charge is 0.134 e. The second-order valence-corrected chi connectivity index (χ2v) is 3.71. The molecule has 0 bridgehead atoms. The summed E-state index contributed by atoms with van der Waals surface area (Å²) in [6, 6.07) is 8.07.